The van der Waals surface area contributed by atoms with Crippen LogP contribution in [0.5, 0.6) is 5.75 Å². The molecule has 1 aromatic carbocycles. The average Bonchev–Trinajstić information content (AvgIpc) is 2.65. The van der Waals surface area contributed by atoms with E-state index in [2.05, 4.69) is 21.2 Å². The minimum Gasteiger partial charge on any atom is -0.506 e. The smallest absolute Gasteiger partial charge is 0.134 e. The summed E-state index contributed by atoms with van der Waals surface area (Å²) in [4.78, 5) is 0. The highest BCUT2D eigenvalue weighted by Crippen LogP contribution is 2.28. The van der Waals surface area contributed by atoms with Crippen LogP contribution >= 0.6 is 15.9 Å². The maximum absolute atomic E-state index is 9.97. The largest absolute Gasteiger partial charge is 0.506 e. The van der Waals surface area contributed by atoms with E-state index in [0.29, 0.717) is 24.3 Å². The summed E-state index contributed by atoms with van der Waals surface area (Å²) in [6.07, 6.45) is 5.90. The molecule has 1 saturated carbocycles. The molecule has 2 rings (SSSR count). The van der Waals surface area contributed by atoms with Gasteiger partial charge in [-0.3, -0.25) is 0 Å². The summed E-state index contributed by atoms with van der Waals surface area (Å²) in [5, 5.41) is 23.0. The minimum atomic E-state index is 0.252. The maximum Gasteiger partial charge on any atom is 0.134 e. The van der Waals surface area contributed by atoms with Gasteiger partial charge in [0.05, 0.1) is 4.47 Å². The molecular weight excluding hydrogens is 306 g/mol. The van der Waals surface area contributed by atoms with Gasteiger partial charge in [0.15, 0.2) is 0 Å². The third kappa shape index (κ3) is 3.94. The Labute approximate surface area is 123 Å². The molecule has 2 unspecified atom stereocenters. The number of phenols is 1. The van der Waals surface area contributed by atoms with Gasteiger partial charge in [-0.25, -0.2) is 0 Å². The Kier molecular flexibility index (Phi) is 5.67. The summed E-state index contributed by atoms with van der Waals surface area (Å²) in [6.45, 7) is 0.897. The van der Waals surface area contributed by atoms with Crippen molar-refractivity contribution in [1.82, 2.24) is 5.32 Å². The van der Waals surface area contributed by atoms with Crippen LogP contribution in [-0.4, -0.2) is 22.9 Å². The van der Waals surface area contributed by atoms with E-state index >= 15 is 0 Å². The second kappa shape index (κ2) is 7.27. The third-order valence-corrected chi connectivity index (χ3v) is 4.66. The monoisotopic (exact) mass is 327 g/mol. The number of aliphatic hydroxyl groups excluding tert-OH is 1. The van der Waals surface area contributed by atoms with E-state index in [1.807, 2.05) is 18.2 Å². The fourth-order valence-electron chi connectivity index (χ4n) is 2.82. The van der Waals surface area contributed by atoms with Gasteiger partial charge in [0.1, 0.15) is 5.75 Å². The van der Waals surface area contributed by atoms with Gasteiger partial charge in [-0.15, -0.1) is 0 Å². The second-order valence-corrected chi connectivity index (χ2v) is 6.17. The normalized spacial score (nSPS) is 24.1. The topological polar surface area (TPSA) is 52.5 Å². The zero-order chi connectivity index (χ0) is 13.7. The molecule has 0 bridgehead atoms. The predicted octanol–water partition coefficient (Wildman–Crippen LogP) is 3.19. The van der Waals surface area contributed by atoms with Crippen LogP contribution in [0.15, 0.2) is 22.7 Å². The van der Waals surface area contributed by atoms with Gasteiger partial charge in [-0.05, 0) is 40.8 Å². The molecule has 106 valence electrons. The number of aliphatic hydroxyl groups is 1. The summed E-state index contributed by atoms with van der Waals surface area (Å²) in [5.41, 5.74) is 0.898. The van der Waals surface area contributed by atoms with Crippen LogP contribution in [-0.2, 0) is 6.54 Å². The van der Waals surface area contributed by atoms with Crippen molar-refractivity contribution in [2.75, 3.05) is 6.61 Å². The molecule has 0 spiro atoms. The first-order chi connectivity index (χ1) is 9.22. The quantitative estimate of drug-likeness (QED) is 0.744. The molecule has 0 amide bonds. The van der Waals surface area contributed by atoms with E-state index in [1.165, 1.54) is 19.3 Å². The Hall–Kier alpha value is -0.580. The molecule has 0 saturated heterocycles. The molecule has 1 aromatic rings. The van der Waals surface area contributed by atoms with Crippen LogP contribution in [0.25, 0.3) is 0 Å². The number of nitrogens with one attached hydrogen (secondary N) is 1. The number of para-hydroxylation sites is 1. The molecule has 2 atom stereocenters. The molecular formula is C15H22BrNO2. The van der Waals surface area contributed by atoms with E-state index in [0.717, 1.165) is 22.9 Å². The Morgan fingerprint density at radius 1 is 1.21 bits per heavy atom. The van der Waals surface area contributed by atoms with Crippen LogP contribution < -0.4 is 5.32 Å². The van der Waals surface area contributed by atoms with Gasteiger partial charge in [0.25, 0.3) is 0 Å². The number of hydrogen-bond donors (Lipinski definition) is 3. The molecule has 0 heterocycles. The molecule has 3 nitrogen and oxygen atoms in total. The zero-order valence-electron chi connectivity index (χ0n) is 11.1. The number of hydrogen-bond acceptors (Lipinski definition) is 3. The summed E-state index contributed by atoms with van der Waals surface area (Å²) in [5.74, 6) is 0.654. The first-order valence-electron chi connectivity index (χ1n) is 7.03. The van der Waals surface area contributed by atoms with Gasteiger partial charge in [-0.2, -0.15) is 0 Å². The lowest BCUT2D eigenvalue weighted by molar-refractivity contribution is 0.181. The number of benzene rings is 1. The molecule has 1 aliphatic rings. The standard InChI is InChI=1S/C15H22BrNO2/c16-13-7-4-6-11(15(13)19)9-17-14-8-3-1-2-5-12(14)10-18/h4,6-7,12,14,17-19H,1-3,5,8-10H2. The van der Waals surface area contributed by atoms with Crippen LogP contribution in [0.3, 0.4) is 0 Å². The van der Waals surface area contributed by atoms with Crippen molar-refractivity contribution in [3.63, 3.8) is 0 Å². The number of aromatic hydroxyl groups is 1. The molecule has 0 aromatic heterocycles. The second-order valence-electron chi connectivity index (χ2n) is 5.32. The molecule has 0 aliphatic heterocycles. The molecule has 0 radical (unpaired) electrons. The van der Waals surface area contributed by atoms with Crippen LogP contribution in [0.1, 0.15) is 37.7 Å². The summed E-state index contributed by atoms with van der Waals surface area (Å²) < 4.78 is 0.728. The van der Waals surface area contributed by atoms with Crippen molar-refractivity contribution < 1.29 is 10.2 Å². The minimum absolute atomic E-state index is 0.252. The number of rotatable bonds is 4. The molecule has 1 aliphatic carbocycles. The van der Waals surface area contributed by atoms with Gasteiger partial charge in [0, 0.05) is 24.8 Å². The fourth-order valence-corrected chi connectivity index (χ4v) is 3.22. The molecule has 1 fully saturated rings. The number of phenolic OH excluding ortho intramolecular Hbond substituents is 1. The van der Waals surface area contributed by atoms with Crippen LogP contribution in [0, 0.1) is 5.92 Å². The number of halogens is 1. The van der Waals surface area contributed by atoms with Crippen LogP contribution in [0.4, 0.5) is 0 Å². The summed E-state index contributed by atoms with van der Waals surface area (Å²) >= 11 is 3.33. The van der Waals surface area contributed by atoms with Crippen molar-refractivity contribution >= 4 is 15.9 Å². The maximum atomic E-state index is 9.97. The summed E-state index contributed by atoms with van der Waals surface area (Å²) in [6, 6.07) is 6.04. The lowest BCUT2D eigenvalue weighted by Crippen LogP contribution is -2.36. The van der Waals surface area contributed by atoms with Gasteiger partial charge < -0.3 is 15.5 Å². The Bertz CT molecular complexity index is 411. The Morgan fingerprint density at radius 2 is 2.00 bits per heavy atom. The molecule has 19 heavy (non-hydrogen) atoms. The molecule has 4 heteroatoms. The van der Waals surface area contributed by atoms with E-state index in [1.54, 1.807) is 0 Å². The third-order valence-electron chi connectivity index (χ3n) is 4.02. The van der Waals surface area contributed by atoms with Gasteiger partial charge in [0.2, 0.25) is 0 Å². The van der Waals surface area contributed by atoms with Crippen molar-refractivity contribution in [3.05, 3.63) is 28.2 Å². The lowest BCUT2D eigenvalue weighted by Gasteiger charge is -2.25. The van der Waals surface area contributed by atoms with Crippen molar-refractivity contribution in [2.45, 2.75) is 44.7 Å². The lowest BCUT2D eigenvalue weighted by atomic mass is 9.95. The Balaban J connectivity index is 1.98. The van der Waals surface area contributed by atoms with Crippen LogP contribution in [0.2, 0.25) is 0 Å². The Morgan fingerprint density at radius 3 is 2.79 bits per heavy atom. The van der Waals surface area contributed by atoms with E-state index in [4.69, 9.17) is 0 Å². The highest BCUT2D eigenvalue weighted by molar-refractivity contribution is 9.10. The first-order valence-corrected chi connectivity index (χ1v) is 7.82. The van der Waals surface area contributed by atoms with E-state index in [9.17, 15) is 10.2 Å². The van der Waals surface area contributed by atoms with Gasteiger partial charge in [-0.1, -0.05) is 31.4 Å². The summed E-state index contributed by atoms with van der Waals surface area (Å²) in [7, 11) is 0. The average molecular weight is 328 g/mol. The predicted molar refractivity (Wildman–Crippen MR) is 80.1 cm³/mol. The highest BCUT2D eigenvalue weighted by atomic mass is 79.9. The first kappa shape index (κ1) is 14.8. The zero-order valence-corrected chi connectivity index (χ0v) is 12.7. The molecule has 3 N–H and O–H groups in total. The van der Waals surface area contributed by atoms with E-state index in [-0.39, 0.29) is 6.61 Å². The SMILES string of the molecule is OCC1CCCCCC1NCc1cccc(Br)c1O. The van der Waals surface area contributed by atoms with Gasteiger partial charge >= 0.3 is 0 Å². The highest BCUT2D eigenvalue weighted by Gasteiger charge is 2.22. The van der Waals surface area contributed by atoms with Crippen molar-refractivity contribution in [3.8, 4) is 5.75 Å². The van der Waals surface area contributed by atoms with Crippen molar-refractivity contribution in [2.24, 2.45) is 5.92 Å². The fraction of sp³-hybridized carbons (Fsp3) is 0.600. The van der Waals surface area contributed by atoms with E-state index < -0.39 is 0 Å². The van der Waals surface area contributed by atoms with Crippen molar-refractivity contribution in [1.29, 1.82) is 0 Å².